The first kappa shape index (κ1) is 13.7. The third-order valence-electron chi connectivity index (χ3n) is 2.19. The summed E-state index contributed by atoms with van der Waals surface area (Å²) in [6.45, 7) is 5.03. The molecule has 0 aromatic carbocycles. The summed E-state index contributed by atoms with van der Waals surface area (Å²) in [5, 5.41) is 11.3. The minimum Gasteiger partial charge on any atom is -0.409 e. The highest BCUT2D eigenvalue weighted by Crippen LogP contribution is 2.02. The van der Waals surface area contributed by atoms with E-state index in [2.05, 4.69) is 5.16 Å². The summed E-state index contributed by atoms with van der Waals surface area (Å²) in [7, 11) is 1.57. The zero-order valence-corrected chi connectivity index (χ0v) is 9.43. The molecule has 0 aliphatic carbocycles. The van der Waals surface area contributed by atoms with Crippen molar-refractivity contribution in [1.29, 1.82) is 0 Å². The highest BCUT2D eigenvalue weighted by molar-refractivity contribution is 6.01. The van der Waals surface area contributed by atoms with Gasteiger partial charge in [-0.2, -0.15) is 0 Å². The van der Waals surface area contributed by atoms with Gasteiger partial charge in [-0.25, -0.2) is 0 Å². The Morgan fingerprint density at radius 1 is 1.67 bits per heavy atom. The van der Waals surface area contributed by atoms with E-state index in [4.69, 9.17) is 15.7 Å². The molecule has 0 aromatic rings. The summed E-state index contributed by atoms with van der Waals surface area (Å²) in [6.07, 6.45) is 0. The van der Waals surface area contributed by atoms with Crippen molar-refractivity contribution >= 4 is 11.7 Å². The average molecular weight is 217 g/mol. The molecular formula is C9H19N3O3. The van der Waals surface area contributed by atoms with Gasteiger partial charge >= 0.3 is 0 Å². The van der Waals surface area contributed by atoms with Crippen LogP contribution in [-0.4, -0.2) is 48.7 Å². The minimum absolute atomic E-state index is 0.0733. The quantitative estimate of drug-likeness (QED) is 0.280. The number of carbonyl (C=O) groups excluding carboxylic acids is 1. The van der Waals surface area contributed by atoms with Crippen molar-refractivity contribution in [2.75, 3.05) is 26.8 Å². The highest BCUT2D eigenvalue weighted by Gasteiger charge is 2.22. The number of amides is 1. The Morgan fingerprint density at radius 3 is 2.67 bits per heavy atom. The van der Waals surface area contributed by atoms with Gasteiger partial charge in [-0.05, 0) is 13.8 Å². The first-order chi connectivity index (χ1) is 7.08. The number of oxime groups is 1. The Hall–Kier alpha value is -1.30. The number of ether oxygens (including phenoxy) is 1. The maximum Gasteiger partial charge on any atom is 0.233 e. The van der Waals surface area contributed by atoms with Gasteiger partial charge in [-0.1, -0.05) is 5.16 Å². The number of hydrogen-bond acceptors (Lipinski definition) is 4. The largest absolute Gasteiger partial charge is 0.409 e. The molecule has 1 unspecified atom stereocenters. The fourth-order valence-electron chi connectivity index (χ4n) is 1.11. The van der Waals surface area contributed by atoms with Gasteiger partial charge < -0.3 is 20.6 Å². The molecule has 0 rings (SSSR count). The molecule has 0 aromatic heterocycles. The lowest BCUT2D eigenvalue weighted by Crippen LogP contribution is -2.42. The van der Waals surface area contributed by atoms with Gasteiger partial charge in [0.05, 0.1) is 12.5 Å². The Morgan fingerprint density at radius 2 is 2.27 bits per heavy atom. The van der Waals surface area contributed by atoms with Crippen LogP contribution in [0.25, 0.3) is 0 Å². The van der Waals surface area contributed by atoms with Crippen LogP contribution in [0.5, 0.6) is 0 Å². The zero-order valence-electron chi connectivity index (χ0n) is 9.43. The van der Waals surface area contributed by atoms with E-state index in [-0.39, 0.29) is 11.7 Å². The summed E-state index contributed by atoms with van der Waals surface area (Å²) in [6, 6.07) is 0. The van der Waals surface area contributed by atoms with Crippen molar-refractivity contribution in [2.45, 2.75) is 13.8 Å². The first-order valence-corrected chi connectivity index (χ1v) is 4.83. The molecule has 0 aliphatic rings. The lowest BCUT2D eigenvalue weighted by molar-refractivity contribution is -0.133. The van der Waals surface area contributed by atoms with Crippen LogP contribution in [0.2, 0.25) is 0 Å². The molecule has 0 spiro atoms. The molecule has 0 heterocycles. The highest BCUT2D eigenvalue weighted by atomic mass is 16.5. The smallest absolute Gasteiger partial charge is 0.233 e. The van der Waals surface area contributed by atoms with E-state index in [1.165, 1.54) is 0 Å². The molecule has 0 aliphatic heterocycles. The normalized spacial score (nSPS) is 13.7. The Balaban J connectivity index is 4.37. The minimum atomic E-state index is -0.605. The summed E-state index contributed by atoms with van der Waals surface area (Å²) < 4.78 is 4.89. The van der Waals surface area contributed by atoms with Crippen LogP contribution < -0.4 is 5.73 Å². The van der Waals surface area contributed by atoms with Crippen LogP contribution in [-0.2, 0) is 9.53 Å². The molecule has 6 heteroatoms. The predicted molar refractivity (Wildman–Crippen MR) is 56.7 cm³/mol. The number of nitrogens with zero attached hydrogens (tertiary/aromatic N) is 2. The lowest BCUT2D eigenvalue weighted by atomic mass is 10.1. The van der Waals surface area contributed by atoms with E-state index in [9.17, 15) is 4.79 Å². The van der Waals surface area contributed by atoms with Crippen molar-refractivity contribution in [3.05, 3.63) is 0 Å². The maximum absolute atomic E-state index is 11.8. The van der Waals surface area contributed by atoms with Gasteiger partial charge in [0.25, 0.3) is 0 Å². The van der Waals surface area contributed by atoms with Gasteiger partial charge in [-0.3, -0.25) is 4.79 Å². The summed E-state index contributed by atoms with van der Waals surface area (Å²) in [5.41, 5.74) is 5.36. The second-order valence-corrected chi connectivity index (χ2v) is 3.16. The number of carbonyl (C=O) groups is 1. The number of hydrogen-bond donors (Lipinski definition) is 2. The van der Waals surface area contributed by atoms with E-state index in [1.807, 2.05) is 6.92 Å². The van der Waals surface area contributed by atoms with Gasteiger partial charge in [0, 0.05) is 20.2 Å². The lowest BCUT2D eigenvalue weighted by Gasteiger charge is -2.23. The number of amidine groups is 1. The predicted octanol–water partition coefficient (Wildman–Crippen LogP) is -0.136. The van der Waals surface area contributed by atoms with Crippen LogP contribution in [0.4, 0.5) is 0 Å². The molecule has 0 radical (unpaired) electrons. The summed E-state index contributed by atoms with van der Waals surface area (Å²) in [5.74, 6) is -0.840. The fourth-order valence-corrected chi connectivity index (χ4v) is 1.11. The van der Waals surface area contributed by atoms with Crippen LogP contribution in [0.3, 0.4) is 0 Å². The van der Waals surface area contributed by atoms with E-state index < -0.39 is 5.92 Å². The Kier molecular flexibility index (Phi) is 6.44. The molecule has 3 N–H and O–H groups in total. The molecule has 15 heavy (non-hydrogen) atoms. The molecule has 0 bridgehead atoms. The van der Waals surface area contributed by atoms with Crippen molar-refractivity contribution in [3.8, 4) is 0 Å². The van der Waals surface area contributed by atoms with Gasteiger partial charge in [-0.15, -0.1) is 0 Å². The number of nitrogens with two attached hydrogens (primary N) is 1. The standard InChI is InChI=1S/C9H19N3O3/c1-4-12(5-6-15-3)9(13)7(2)8(10)11-14/h7,14H,4-6H2,1-3H3,(H2,10,11). The number of likely N-dealkylation sites (N-methyl/N-ethyl adjacent to an activating group) is 1. The Bertz CT molecular complexity index is 231. The molecule has 0 saturated heterocycles. The van der Waals surface area contributed by atoms with Crippen molar-refractivity contribution in [1.82, 2.24) is 4.90 Å². The van der Waals surface area contributed by atoms with Crippen molar-refractivity contribution < 1.29 is 14.7 Å². The maximum atomic E-state index is 11.8. The fraction of sp³-hybridized carbons (Fsp3) is 0.778. The summed E-state index contributed by atoms with van der Waals surface area (Å²) in [4.78, 5) is 13.4. The zero-order chi connectivity index (χ0) is 11.8. The molecule has 88 valence electrons. The van der Waals surface area contributed by atoms with Crippen molar-refractivity contribution in [3.63, 3.8) is 0 Å². The van der Waals surface area contributed by atoms with Crippen LogP contribution in [0, 0.1) is 5.92 Å². The first-order valence-electron chi connectivity index (χ1n) is 4.83. The third kappa shape index (κ3) is 4.16. The number of rotatable bonds is 6. The van der Waals surface area contributed by atoms with E-state index in [0.717, 1.165) is 0 Å². The van der Waals surface area contributed by atoms with Crippen LogP contribution in [0.1, 0.15) is 13.8 Å². The molecule has 1 amide bonds. The monoisotopic (exact) mass is 217 g/mol. The summed E-state index contributed by atoms with van der Waals surface area (Å²) >= 11 is 0. The second kappa shape index (κ2) is 7.05. The van der Waals surface area contributed by atoms with Crippen molar-refractivity contribution in [2.24, 2.45) is 16.8 Å². The van der Waals surface area contributed by atoms with Gasteiger partial charge in [0.1, 0.15) is 0 Å². The average Bonchev–Trinajstić information content (AvgIpc) is 2.27. The Labute approximate surface area is 89.7 Å². The molecule has 0 saturated carbocycles. The van der Waals surface area contributed by atoms with Gasteiger partial charge in [0.2, 0.25) is 5.91 Å². The molecule has 0 fully saturated rings. The van der Waals surface area contributed by atoms with E-state index in [1.54, 1.807) is 18.9 Å². The van der Waals surface area contributed by atoms with Gasteiger partial charge in [0.15, 0.2) is 5.84 Å². The molecule has 1 atom stereocenters. The second-order valence-electron chi connectivity index (χ2n) is 3.16. The SMILES string of the molecule is CCN(CCOC)C(=O)C(C)C(N)=NO. The third-order valence-corrected chi connectivity index (χ3v) is 2.19. The number of methoxy groups -OCH3 is 1. The van der Waals surface area contributed by atoms with E-state index in [0.29, 0.717) is 19.7 Å². The van der Waals surface area contributed by atoms with E-state index >= 15 is 0 Å². The van der Waals surface area contributed by atoms with Crippen LogP contribution >= 0.6 is 0 Å². The molecular weight excluding hydrogens is 198 g/mol. The van der Waals surface area contributed by atoms with Crippen LogP contribution in [0.15, 0.2) is 5.16 Å². The topological polar surface area (TPSA) is 88.2 Å². The molecule has 6 nitrogen and oxygen atoms in total.